The summed E-state index contributed by atoms with van der Waals surface area (Å²) in [4.78, 5) is 22.7. The van der Waals surface area contributed by atoms with Crippen molar-refractivity contribution in [3.8, 4) is 0 Å². The Morgan fingerprint density at radius 2 is 2.23 bits per heavy atom. The molecule has 3 atom stereocenters. The van der Waals surface area contributed by atoms with Crippen molar-refractivity contribution in [3.05, 3.63) is 24.3 Å². The van der Waals surface area contributed by atoms with Crippen LogP contribution in [0.1, 0.15) is 36.2 Å². The van der Waals surface area contributed by atoms with E-state index in [0.717, 1.165) is 25.4 Å². The summed E-state index contributed by atoms with van der Waals surface area (Å²) >= 11 is 0. The zero-order chi connectivity index (χ0) is 14.9. The fourth-order valence-electron chi connectivity index (χ4n) is 3.45. The van der Waals surface area contributed by atoms with Gasteiger partial charge in [0, 0.05) is 25.5 Å². The van der Waals surface area contributed by atoms with E-state index in [1.54, 1.807) is 12.4 Å². The lowest BCUT2D eigenvalue weighted by atomic mass is 10.1. The lowest BCUT2D eigenvalue weighted by molar-refractivity contribution is -0.106. The van der Waals surface area contributed by atoms with Crippen molar-refractivity contribution in [1.82, 2.24) is 14.9 Å². The van der Waals surface area contributed by atoms with Gasteiger partial charge in [0.25, 0.3) is 5.91 Å². The van der Waals surface area contributed by atoms with Gasteiger partial charge in [0.2, 0.25) is 0 Å². The second kappa shape index (κ2) is 5.93. The Morgan fingerprint density at radius 1 is 1.32 bits per heavy atom. The van der Waals surface area contributed by atoms with Crippen LogP contribution in [0.4, 0.5) is 0 Å². The van der Waals surface area contributed by atoms with Crippen LogP contribution in [0, 0.1) is 5.92 Å². The van der Waals surface area contributed by atoms with Gasteiger partial charge < -0.3 is 14.4 Å². The quantitative estimate of drug-likeness (QED) is 0.838. The molecule has 0 aromatic carbocycles. The molecule has 1 aromatic heterocycles. The molecule has 2 aliphatic carbocycles. The number of aromatic nitrogens is 2. The summed E-state index contributed by atoms with van der Waals surface area (Å²) in [5.74, 6) is 0.703. The average Bonchev–Trinajstić information content (AvgIpc) is 3.31. The summed E-state index contributed by atoms with van der Waals surface area (Å²) in [6.07, 6.45) is 9.28. The Labute approximate surface area is 129 Å². The minimum atomic E-state index is -0.0470. The molecule has 3 fully saturated rings. The van der Waals surface area contributed by atoms with Crippen LogP contribution in [0.3, 0.4) is 0 Å². The number of carbonyl (C=O) groups is 1. The zero-order valence-electron chi connectivity index (χ0n) is 12.6. The summed E-state index contributed by atoms with van der Waals surface area (Å²) in [6.45, 7) is 2.03. The molecule has 0 bridgehead atoms. The zero-order valence-corrected chi connectivity index (χ0v) is 12.6. The van der Waals surface area contributed by atoms with Gasteiger partial charge in [-0.25, -0.2) is 4.98 Å². The molecule has 1 saturated heterocycles. The highest BCUT2D eigenvalue weighted by molar-refractivity contribution is 5.92. The van der Waals surface area contributed by atoms with E-state index in [-0.39, 0.29) is 24.2 Å². The molecule has 0 spiro atoms. The first kappa shape index (κ1) is 14.1. The minimum absolute atomic E-state index is 0.00752. The van der Waals surface area contributed by atoms with Crippen molar-refractivity contribution in [2.24, 2.45) is 5.92 Å². The first-order valence-electron chi connectivity index (χ1n) is 8.13. The van der Waals surface area contributed by atoms with Crippen molar-refractivity contribution in [2.75, 3.05) is 19.8 Å². The molecule has 1 aliphatic heterocycles. The topological polar surface area (TPSA) is 64.6 Å². The molecule has 1 aromatic rings. The van der Waals surface area contributed by atoms with Crippen LogP contribution in [0.25, 0.3) is 0 Å². The maximum atomic E-state index is 12.7. The maximum Gasteiger partial charge on any atom is 0.274 e. The first-order chi connectivity index (χ1) is 10.8. The molecule has 6 nitrogen and oxygen atoms in total. The molecule has 6 heteroatoms. The minimum Gasteiger partial charge on any atom is -0.375 e. The Bertz CT molecular complexity index is 535. The lowest BCUT2D eigenvalue weighted by Gasteiger charge is -2.38. The van der Waals surface area contributed by atoms with Crippen LogP contribution in [0.15, 0.2) is 18.6 Å². The van der Waals surface area contributed by atoms with Gasteiger partial charge in [-0.3, -0.25) is 9.78 Å². The van der Waals surface area contributed by atoms with E-state index in [1.165, 1.54) is 19.0 Å². The lowest BCUT2D eigenvalue weighted by Crippen LogP contribution is -2.54. The van der Waals surface area contributed by atoms with Gasteiger partial charge >= 0.3 is 0 Å². The highest BCUT2D eigenvalue weighted by atomic mass is 16.5. The molecular formula is C16H21N3O3. The van der Waals surface area contributed by atoms with Crippen molar-refractivity contribution in [3.63, 3.8) is 0 Å². The molecule has 1 amide bonds. The van der Waals surface area contributed by atoms with Crippen molar-refractivity contribution < 1.29 is 14.3 Å². The summed E-state index contributed by atoms with van der Waals surface area (Å²) in [5, 5.41) is 0. The fourth-order valence-corrected chi connectivity index (χ4v) is 3.45. The number of nitrogens with zero attached hydrogens (tertiary/aromatic N) is 3. The third-order valence-electron chi connectivity index (χ3n) is 4.82. The Hall–Kier alpha value is -1.53. The molecule has 118 valence electrons. The van der Waals surface area contributed by atoms with E-state index < -0.39 is 0 Å². The van der Waals surface area contributed by atoms with Crippen LogP contribution < -0.4 is 0 Å². The van der Waals surface area contributed by atoms with E-state index in [0.29, 0.717) is 18.8 Å². The standard InChI is InChI=1S/C16H21N3O3/c20-16(12-9-17-5-6-18-12)19-7-8-21-15-13(19)3-4-14(15)22-10-11-1-2-11/h5-6,9,11,13-15H,1-4,7-8,10H2/t13-,14-,15+/m0/s1. The van der Waals surface area contributed by atoms with Crippen molar-refractivity contribution >= 4 is 5.91 Å². The van der Waals surface area contributed by atoms with E-state index in [4.69, 9.17) is 9.47 Å². The maximum absolute atomic E-state index is 12.7. The van der Waals surface area contributed by atoms with Gasteiger partial charge in [0.05, 0.1) is 24.9 Å². The van der Waals surface area contributed by atoms with Gasteiger partial charge in [-0.15, -0.1) is 0 Å². The fraction of sp³-hybridized carbons (Fsp3) is 0.688. The average molecular weight is 303 g/mol. The molecule has 0 unspecified atom stereocenters. The van der Waals surface area contributed by atoms with Gasteiger partial charge in [-0.05, 0) is 31.6 Å². The van der Waals surface area contributed by atoms with Crippen LogP contribution >= 0.6 is 0 Å². The van der Waals surface area contributed by atoms with Gasteiger partial charge in [0.1, 0.15) is 11.8 Å². The number of rotatable bonds is 4. The van der Waals surface area contributed by atoms with Crippen molar-refractivity contribution in [1.29, 1.82) is 0 Å². The second-order valence-electron chi connectivity index (χ2n) is 6.38. The Balaban J connectivity index is 1.44. The number of morpholine rings is 1. The SMILES string of the molecule is O=C(c1cnccn1)N1CCO[C@H]2[C@@H](OCC3CC3)CC[C@@H]21. The van der Waals surface area contributed by atoms with Gasteiger partial charge in [-0.2, -0.15) is 0 Å². The third-order valence-corrected chi connectivity index (χ3v) is 4.82. The predicted octanol–water partition coefficient (Wildman–Crippen LogP) is 1.28. The Morgan fingerprint density at radius 3 is 3.00 bits per heavy atom. The number of carbonyl (C=O) groups excluding carboxylic acids is 1. The largest absolute Gasteiger partial charge is 0.375 e. The van der Waals surface area contributed by atoms with Gasteiger partial charge in [-0.1, -0.05) is 0 Å². The number of hydrogen-bond donors (Lipinski definition) is 0. The first-order valence-corrected chi connectivity index (χ1v) is 8.13. The van der Waals surface area contributed by atoms with Crippen LogP contribution in [-0.4, -0.2) is 58.8 Å². The summed E-state index contributed by atoms with van der Waals surface area (Å²) in [6, 6.07) is 0.104. The number of ether oxygens (including phenoxy) is 2. The van der Waals surface area contributed by atoms with E-state index in [9.17, 15) is 4.79 Å². The molecular weight excluding hydrogens is 282 g/mol. The number of hydrogen-bond acceptors (Lipinski definition) is 5. The molecule has 2 saturated carbocycles. The molecule has 4 rings (SSSR count). The normalized spacial score (nSPS) is 31.1. The van der Waals surface area contributed by atoms with Crippen molar-refractivity contribution in [2.45, 2.75) is 43.9 Å². The van der Waals surface area contributed by atoms with Gasteiger partial charge in [0.15, 0.2) is 0 Å². The smallest absolute Gasteiger partial charge is 0.274 e. The predicted molar refractivity (Wildman–Crippen MR) is 78.3 cm³/mol. The van der Waals surface area contributed by atoms with E-state index >= 15 is 0 Å². The van der Waals surface area contributed by atoms with Crippen LogP contribution in [0.2, 0.25) is 0 Å². The third kappa shape index (κ3) is 2.73. The molecule has 2 heterocycles. The van der Waals surface area contributed by atoms with E-state index in [2.05, 4.69) is 9.97 Å². The molecule has 0 radical (unpaired) electrons. The molecule has 0 N–H and O–H groups in total. The second-order valence-corrected chi connectivity index (χ2v) is 6.38. The Kier molecular flexibility index (Phi) is 3.80. The molecule has 22 heavy (non-hydrogen) atoms. The summed E-state index contributed by atoms with van der Waals surface area (Å²) in [7, 11) is 0. The van der Waals surface area contributed by atoms with Crippen LogP contribution in [0.5, 0.6) is 0 Å². The highest BCUT2D eigenvalue weighted by Gasteiger charge is 2.45. The number of fused-ring (bicyclic) bond motifs is 1. The highest BCUT2D eigenvalue weighted by Crippen LogP contribution is 2.35. The number of amides is 1. The molecule has 3 aliphatic rings. The summed E-state index contributed by atoms with van der Waals surface area (Å²) in [5.41, 5.74) is 0.408. The monoisotopic (exact) mass is 303 g/mol. The van der Waals surface area contributed by atoms with E-state index in [1.807, 2.05) is 4.90 Å². The summed E-state index contributed by atoms with van der Waals surface area (Å²) < 4.78 is 12.0. The van der Waals surface area contributed by atoms with Crippen LogP contribution in [-0.2, 0) is 9.47 Å².